The van der Waals surface area contributed by atoms with Crippen molar-refractivity contribution in [3.8, 4) is 0 Å². The minimum atomic E-state index is -1.10. The number of β-lactam (4-membered cyclic amide) rings is 1. The fourth-order valence-corrected chi connectivity index (χ4v) is 4.21. The van der Waals surface area contributed by atoms with E-state index in [0.29, 0.717) is 11.3 Å². The zero-order chi connectivity index (χ0) is 15.7. The van der Waals surface area contributed by atoms with Gasteiger partial charge < -0.3 is 10.8 Å². The lowest BCUT2D eigenvalue weighted by molar-refractivity contribution is -0.147. The Morgan fingerprint density at radius 3 is 2.91 bits per heavy atom. The standard InChI is InChI=1S/C14H13N3O3S2/c15-10-12(18)17-11(14(19)20)8(7-22-13(10)17)3-6-21-9-1-4-16-5-2-9/h1-6,10,13H,7,15H2,(H,19,20)/b6-3+/t10-,13-/m1/s1. The lowest BCUT2D eigenvalue weighted by Gasteiger charge is -2.47. The highest BCUT2D eigenvalue weighted by Gasteiger charge is 2.51. The van der Waals surface area contributed by atoms with E-state index >= 15 is 0 Å². The maximum Gasteiger partial charge on any atom is 0.352 e. The Labute approximate surface area is 135 Å². The number of carbonyl (C=O) groups excluding carboxylic acids is 1. The molecule has 3 rings (SSSR count). The zero-order valence-corrected chi connectivity index (χ0v) is 13.0. The molecule has 0 aromatic carbocycles. The van der Waals surface area contributed by atoms with E-state index in [1.807, 2.05) is 17.5 Å². The van der Waals surface area contributed by atoms with Gasteiger partial charge in [0.15, 0.2) is 0 Å². The summed E-state index contributed by atoms with van der Waals surface area (Å²) in [5.41, 5.74) is 6.37. The molecule has 2 aliphatic rings. The second-order valence-electron chi connectivity index (χ2n) is 4.72. The monoisotopic (exact) mass is 335 g/mol. The van der Waals surface area contributed by atoms with Crippen LogP contribution < -0.4 is 5.73 Å². The number of hydrogen-bond donors (Lipinski definition) is 2. The smallest absolute Gasteiger partial charge is 0.352 e. The van der Waals surface area contributed by atoms with Gasteiger partial charge >= 0.3 is 5.97 Å². The minimum absolute atomic E-state index is 0.0435. The van der Waals surface area contributed by atoms with E-state index in [2.05, 4.69) is 4.98 Å². The van der Waals surface area contributed by atoms with Crippen LogP contribution >= 0.6 is 23.5 Å². The molecule has 6 nitrogen and oxygen atoms in total. The number of aromatic nitrogens is 1. The van der Waals surface area contributed by atoms with Gasteiger partial charge in [-0.1, -0.05) is 11.8 Å². The Morgan fingerprint density at radius 2 is 2.23 bits per heavy atom. The summed E-state index contributed by atoms with van der Waals surface area (Å²) in [5.74, 6) is -0.904. The first-order chi connectivity index (χ1) is 10.6. The first kappa shape index (κ1) is 15.1. The van der Waals surface area contributed by atoms with E-state index in [0.717, 1.165) is 4.90 Å². The Morgan fingerprint density at radius 1 is 1.50 bits per heavy atom. The van der Waals surface area contributed by atoms with Crippen molar-refractivity contribution in [2.45, 2.75) is 16.3 Å². The molecular formula is C14H13N3O3S2. The number of aliphatic carboxylic acids is 1. The first-order valence-electron chi connectivity index (χ1n) is 6.49. The van der Waals surface area contributed by atoms with Crippen molar-refractivity contribution in [2.75, 3.05) is 5.75 Å². The number of nitrogens with two attached hydrogens (primary N) is 1. The number of thioether (sulfide) groups is 2. The number of carboxylic acid groups (broad SMARTS) is 1. The molecule has 0 saturated carbocycles. The van der Waals surface area contributed by atoms with E-state index in [-0.39, 0.29) is 17.0 Å². The van der Waals surface area contributed by atoms with Crippen LogP contribution in [0.15, 0.2) is 52.2 Å². The van der Waals surface area contributed by atoms with E-state index in [4.69, 9.17) is 5.73 Å². The van der Waals surface area contributed by atoms with Crippen LogP contribution in [-0.4, -0.2) is 44.0 Å². The highest BCUT2D eigenvalue weighted by Crippen LogP contribution is 2.40. The Kier molecular flexibility index (Phi) is 4.23. The van der Waals surface area contributed by atoms with Gasteiger partial charge in [-0.2, -0.15) is 0 Å². The topological polar surface area (TPSA) is 96.5 Å². The van der Waals surface area contributed by atoms with Crippen LogP contribution in [0.2, 0.25) is 0 Å². The fraction of sp³-hybridized carbons (Fsp3) is 0.214. The van der Waals surface area contributed by atoms with Crippen molar-refractivity contribution >= 4 is 35.4 Å². The number of rotatable bonds is 4. The van der Waals surface area contributed by atoms with E-state index in [9.17, 15) is 14.7 Å². The minimum Gasteiger partial charge on any atom is -0.477 e. The number of allylic oxidation sites excluding steroid dienone is 1. The van der Waals surface area contributed by atoms with Crippen LogP contribution in [0.1, 0.15) is 0 Å². The molecule has 0 spiro atoms. The predicted octanol–water partition coefficient (Wildman–Crippen LogP) is 1.27. The van der Waals surface area contributed by atoms with Gasteiger partial charge in [0.2, 0.25) is 5.91 Å². The van der Waals surface area contributed by atoms with Crippen LogP contribution in [0.4, 0.5) is 0 Å². The van der Waals surface area contributed by atoms with Crippen LogP contribution in [0, 0.1) is 0 Å². The lowest BCUT2D eigenvalue weighted by Crippen LogP contribution is -2.68. The molecule has 2 aliphatic heterocycles. The molecule has 3 heterocycles. The van der Waals surface area contributed by atoms with Gasteiger partial charge in [0, 0.05) is 23.0 Å². The van der Waals surface area contributed by atoms with Crippen LogP contribution in [-0.2, 0) is 9.59 Å². The van der Waals surface area contributed by atoms with Crippen molar-refractivity contribution in [1.29, 1.82) is 0 Å². The third-order valence-corrected chi connectivity index (χ3v) is 5.50. The average Bonchev–Trinajstić information content (AvgIpc) is 2.54. The summed E-state index contributed by atoms with van der Waals surface area (Å²) < 4.78 is 0. The Bertz CT molecular complexity index is 675. The van der Waals surface area contributed by atoms with Gasteiger partial charge in [0.1, 0.15) is 17.1 Å². The molecule has 0 radical (unpaired) electrons. The van der Waals surface area contributed by atoms with Crippen molar-refractivity contribution in [2.24, 2.45) is 5.73 Å². The number of hydrogen-bond acceptors (Lipinski definition) is 6. The van der Waals surface area contributed by atoms with Crippen LogP contribution in [0.3, 0.4) is 0 Å². The normalized spacial score (nSPS) is 24.4. The summed E-state index contributed by atoms with van der Waals surface area (Å²) >= 11 is 2.95. The van der Waals surface area contributed by atoms with E-state index in [1.165, 1.54) is 28.4 Å². The second-order valence-corrected chi connectivity index (χ2v) is 6.80. The summed E-state index contributed by atoms with van der Waals surface area (Å²) in [4.78, 5) is 29.5. The quantitative estimate of drug-likeness (QED) is 0.632. The molecule has 1 fully saturated rings. The molecule has 0 unspecified atom stereocenters. The number of pyridine rings is 1. The van der Waals surface area contributed by atoms with E-state index in [1.54, 1.807) is 18.5 Å². The molecule has 3 N–H and O–H groups in total. The van der Waals surface area contributed by atoms with Crippen molar-refractivity contribution in [3.63, 3.8) is 0 Å². The summed E-state index contributed by atoms with van der Waals surface area (Å²) in [6, 6.07) is 3.13. The van der Waals surface area contributed by atoms with Gasteiger partial charge in [-0.05, 0) is 29.2 Å². The molecule has 22 heavy (non-hydrogen) atoms. The Balaban J connectivity index is 1.81. The van der Waals surface area contributed by atoms with Gasteiger partial charge in [-0.3, -0.25) is 14.7 Å². The number of carbonyl (C=O) groups is 2. The maximum atomic E-state index is 11.8. The van der Waals surface area contributed by atoms with Crippen molar-refractivity contribution in [1.82, 2.24) is 9.88 Å². The highest BCUT2D eigenvalue weighted by molar-refractivity contribution is 8.02. The summed E-state index contributed by atoms with van der Waals surface area (Å²) in [7, 11) is 0. The third-order valence-electron chi connectivity index (χ3n) is 3.36. The number of fused-ring (bicyclic) bond motifs is 1. The highest BCUT2D eigenvalue weighted by atomic mass is 32.2. The molecule has 1 aromatic heterocycles. The summed E-state index contributed by atoms with van der Waals surface area (Å²) in [6.45, 7) is 0. The molecule has 0 aliphatic carbocycles. The van der Waals surface area contributed by atoms with Gasteiger partial charge in [0.25, 0.3) is 0 Å². The van der Waals surface area contributed by atoms with Gasteiger partial charge in [-0.25, -0.2) is 4.79 Å². The second kappa shape index (κ2) is 6.15. The molecule has 1 saturated heterocycles. The molecule has 2 atom stereocenters. The maximum absolute atomic E-state index is 11.8. The predicted molar refractivity (Wildman–Crippen MR) is 85.0 cm³/mol. The first-order valence-corrected chi connectivity index (χ1v) is 8.42. The molecule has 114 valence electrons. The molecular weight excluding hydrogens is 322 g/mol. The number of nitrogens with zero attached hydrogens (tertiary/aromatic N) is 2. The van der Waals surface area contributed by atoms with E-state index < -0.39 is 12.0 Å². The SMILES string of the molecule is N[C@@H]1C(=O)N2C(C(=O)O)=C(/C=C/Sc3ccncc3)CS[C@H]12. The lowest BCUT2D eigenvalue weighted by atomic mass is 10.0. The summed E-state index contributed by atoms with van der Waals surface area (Å²) in [6.07, 6.45) is 5.13. The van der Waals surface area contributed by atoms with Crippen molar-refractivity contribution < 1.29 is 14.7 Å². The third kappa shape index (κ3) is 2.65. The number of amides is 1. The van der Waals surface area contributed by atoms with Gasteiger partial charge in [-0.15, -0.1) is 11.8 Å². The van der Waals surface area contributed by atoms with Crippen LogP contribution in [0.5, 0.6) is 0 Å². The fourth-order valence-electron chi connectivity index (χ4n) is 2.28. The molecule has 8 heteroatoms. The number of carboxylic acids is 1. The zero-order valence-electron chi connectivity index (χ0n) is 11.4. The molecule has 1 aromatic rings. The Hall–Kier alpha value is -1.77. The van der Waals surface area contributed by atoms with Crippen LogP contribution in [0.25, 0.3) is 0 Å². The largest absolute Gasteiger partial charge is 0.477 e. The average molecular weight is 335 g/mol. The van der Waals surface area contributed by atoms with Gasteiger partial charge in [0.05, 0.1) is 0 Å². The summed E-state index contributed by atoms with van der Waals surface area (Å²) in [5, 5.41) is 11.0. The molecule has 1 amide bonds. The van der Waals surface area contributed by atoms with Crippen molar-refractivity contribution in [3.05, 3.63) is 47.3 Å². The molecule has 0 bridgehead atoms.